The van der Waals surface area contributed by atoms with Gasteiger partial charge in [-0.1, -0.05) is 60.1 Å². The summed E-state index contributed by atoms with van der Waals surface area (Å²) < 4.78 is 13.9. The number of fused-ring (bicyclic) bond motifs is 1. The summed E-state index contributed by atoms with van der Waals surface area (Å²) in [6.07, 6.45) is 1.60. The molecule has 0 unspecified atom stereocenters. The molecule has 0 amide bonds. The fourth-order valence-electron chi connectivity index (χ4n) is 4.75. The zero-order chi connectivity index (χ0) is 29.8. The van der Waals surface area contributed by atoms with E-state index in [-0.39, 0.29) is 18.1 Å². The number of ether oxygens (including phenoxy) is 2. The third-order valence-electron chi connectivity index (χ3n) is 7.00. The zero-order valence-electron chi connectivity index (χ0n) is 23.8. The van der Waals surface area contributed by atoms with Crippen molar-refractivity contribution in [2.24, 2.45) is 5.10 Å². The van der Waals surface area contributed by atoms with Crippen LogP contribution in [0.5, 0.6) is 11.5 Å². The van der Waals surface area contributed by atoms with Crippen LogP contribution in [0.4, 0.5) is 0 Å². The van der Waals surface area contributed by atoms with Crippen molar-refractivity contribution in [1.29, 1.82) is 5.26 Å². The van der Waals surface area contributed by atoms with E-state index in [0.29, 0.717) is 33.6 Å². The van der Waals surface area contributed by atoms with E-state index >= 15 is 0 Å². The van der Waals surface area contributed by atoms with Crippen LogP contribution in [-0.2, 0) is 6.61 Å². The van der Waals surface area contributed by atoms with E-state index in [1.165, 1.54) is 4.68 Å². The summed E-state index contributed by atoms with van der Waals surface area (Å²) in [5, 5.41) is 14.6. The van der Waals surface area contributed by atoms with Crippen LogP contribution in [-0.4, -0.2) is 23.0 Å². The minimum absolute atomic E-state index is 0.191. The summed E-state index contributed by atoms with van der Waals surface area (Å²) in [7, 11) is 1.66. The summed E-state index contributed by atoms with van der Waals surface area (Å²) in [6, 6.07) is 26.3. The van der Waals surface area contributed by atoms with Gasteiger partial charge in [0.25, 0.3) is 5.56 Å². The molecule has 0 aliphatic heterocycles. The first kappa shape index (κ1) is 28.8. The van der Waals surface area contributed by atoms with Gasteiger partial charge in [0.15, 0.2) is 5.82 Å². The second-order valence-corrected chi connectivity index (χ2v) is 11.0. The Kier molecular flexibility index (Phi) is 8.51. The monoisotopic (exact) mass is 620 g/mol. The van der Waals surface area contributed by atoms with Gasteiger partial charge in [0, 0.05) is 21.2 Å². The average molecular weight is 622 g/mol. The highest BCUT2D eigenvalue weighted by molar-refractivity contribution is 9.10. The molecule has 8 heteroatoms. The second-order valence-electron chi connectivity index (χ2n) is 10.1. The van der Waals surface area contributed by atoms with Gasteiger partial charge in [-0.15, -0.1) is 0 Å². The second kappa shape index (κ2) is 12.4. The van der Waals surface area contributed by atoms with Crippen LogP contribution in [0.3, 0.4) is 0 Å². The quantitative estimate of drug-likeness (QED) is 0.167. The lowest BCUT2D eigenvalue weighted by Gasteiger charge is -2.17. The summed E-state index contributed by atoms with van der Waals surface area (Å²) in [5.74, 6) is 1.97. The smallest absolute Gasteiger partial charge is 0.282 e. The van der Waals surface area contributed by atoms with Crippen LogP contribution in [0, 0.1) is 18.3 Å². The van der Waals surface area contributed by atoms with E-state index in [9.17, 15) is 10.1 Å². The molecule has 5 aromatic rings. The first-order chi connectivity index (χ1) is 20.3. The van der Waals surface area contributed by atoms with Crippen molar-refractivity contribution in [3.05, 3.63) is 122 Å². The number of nitrogens with zero attached hydrogens (tertiary/aromatic N) is 4. The van der Waals surface area contributed by atoms with Gasteiger partial charge in [-0.3, -0.25) is 4.79 Å². The van der Waals surface area contributed by atoms with Crippen LogP contribution in [0.1, 0.15) is 47.6 Å². The third kappa shape index (κ3) is 5.83. The lowest BCUT2D eigenvalue weighted by atomic mass is 9.96. The number of methoxy groups -OCH3 is 1. The molecule has 1 aromatic heterocycles. The molecular formula is C34H29BrN4O3. The number of rotatable bonds is 8. The number of benzene rings is 4. The minimum Gasteiger partial charge on any atom is -0.496 e. The summed E-state index contributed by atoms with van der Waals surface area (Å²) in [6.45, 7) is 6.37. The minimum atomic E-state index is -0.284. The highest BCUT2D eigenvalue weighted by atomic mass is 79.9. The van der Waals surface area contributed by atoms with Gasteiger partial charge in [-0.05, 0) is 72.5 Å². The first-order valence-corrected chi connectivity index (χ1v) is 14.3. The molecule has 0 saturated carbocycles. The molecule has 1 heterocycles. The molecule has 0 fully saturated rings. The number of hydrogen-bond donors (Lipinski definition) is 0. The predicted octanol–water partition coefficient (Wildman–Crippen LogP) is 7.60. The van der Waals surface area contributed by atoms with Gasteiger partial charge in [-0.2, -0.15) is 15.0 Å². The average Bonchev–Trinajstić information content (AvgIpc) is 3.00. The summed E-state index contributed by atoms with van der Waals surface area (Å²) >= 11 is 3.53. The van der Waals surface area contributed by atoms with Gasteiger partial charge in [-0.25, -0.2) is 4.98 Å². The molecule has 0 radical (unpaired) electrons. The molecule has 42 heavy (non-hydrogen) atoms. The fourth-order valence-corrected chi connectivity index (χ4v) is 5.13. The Hall–Kier alpha value is -4.74. The molecule has 0 spiro atoms. The van der Waals surface area contributed by atoms with Crippen molar-refractivity contribution in [1.82, 2.24) is 9.66 Å². The number of hydrogen-bond acceptors (Lipinski definition) is 6. The van der Waals surface area contributed by atoms with Crippen molar-refractivity contribution in [2.75, 3.05) is 7.11 Å². The van der Waals surface area contributed by atoms with Gasteiger partial charge in [0.1, 0.15) is 18.1 Å². The number of nitriles is 1. The molecule has 5 rings (SSSR count). The fraction of sp³-hybridized carbons (Fsp3) is 0.176. The lowest BCUT2D eigenvalue weighted by molar-refractivity contribution is 0.305. The Morgan fingerprint density at radius 1 is 1.05 bits per heavy atom. The van der Waals surface area contributed by atoms with Crippen molar-refractivity contribution in [2.45, 2.75) is 33.3 Å². The highest BCUT2D eigenvalue weighted by Gasteiger charge is 2.18. The molecule has 0 saturated heterocycles. The summed E-state index contributed by atoms with van der Waals surface area (Å²) in [5.41, 5.74) is 5.00. The molecule has 0 aliphatic rings. The van der Waals surface area contributed by atoms with E-state index in [1.807, 2.05) is 73.7 Å². The van der Waals surface area contributed by atoms with E-state index in [0.717, 1.165) is 32.5 Å². The van der Waals surface area contributed by atoms with Crippen LogP contribution in [0.15, 0.2) is 93.2 Å². The van der Waals surface area contributed by atoms with Gasteiger partial charge in [0.05, 0.1) is 35.9 Å². The van der Waals surface area contributed by atoms with E-state index in [4.69, 9.17) is 14.5 Å². The largest absolute Gasteiger partial charge is 0.496 e. The number of halogens is 1. The highest BCUT2D eigenvalue weighted by Crippen LogP contribution is 2.34. The Bertz CT molecular complexity index is 1920. The van der Waals surface area contributed by atoms with Crippen LogP contribution in [0.2, 0.25) is 0 Å². The SMILES string of the molecule is COc1cc(C)c(-c2nc3ccccc3c(=O)n2N=Cc2cc(Br)ccc2OCc2ccccc2C#N)cc1C(C)C. The summed E-state index contributed by atoms with van der Waals surface area (Å²) in [4.78, 5) is 18.8. The van der Waals surface area contributed by atoms with Crippen LogP contribution < -0.4 is 15.0 Å². The maximum atomic E-state index is 13.8. The van der Waals surface area contributed by atoms with Crippen LogP contribution in [0.25, 0.3) is 22.3 Å². The van der Waals surface area contributed by atoms with Crippen molar-refractivity contribution in [3.63, 3.8) is 0 Å². The van der Waals surface area contributed by atoms with Gasteiger partial charge >= 0.3 is 0 Å². The standard InChI is InChI=1S/C34H29BrN4O3/c1-21(2)28-17-29(22(3)15-32(28)41-4)33-38-30-12-8-7-11-27(30)34(40)39(33)37-19-25-16-26(35)13-14-31(25)42-20-24-10-6-5-9-23(24)18-36/h5-17,19,21H,20H2,1-4H3. The molecule has 0 bridgehead atoms. The Balaban J connectivity index is 1.64. The van der Waals surface area contributed by atoms with Crippen molar-refractivity contribution >= 4 is 33.0 Å². The maximum Gasteiger partial charge on any atom is 0.282 e. The van der Waals surface area contributed by atoms with E-state index in [1.54, 1.807) is 25.5 Å². The molecule has 210 valence electrons. The van der Waals surface area contributed by atoms with Crippen molar-refractivity contribution < 1.29 is 9.47 Å². The Morgan fingerprint density at radius 3 is 2.57 bits per heavy atom. The third-order valence-corrected chi connectivity index (χ3v) is 7.49. The van der Waals surface area contributed by atoms with E-state index in [2.05, 4.69) is 40.9 Å². The molecule has 0 N–H and O–H groups in total. The normalized spacial score (nSPS) is 11.3. The molecule has 4 aromatic carbocycles. The molecule has 0 atom stereocenters. The zero-order valence-corrected chi connectivity index (χ0v) is 25.3. The first-order valence-electron chi connectivity index (χ1n) is 13.5. The van der Waals surface area contributed by atoms with Gasteiger partial charge in [0.2, 0.25) is 0 Å². The Labute approximate surface area is 252 Å². The molecule has 7 nitrogen and oxygen atoms in total. The van der Waals surface area contributed by atoms with Gasteiger partial charge < -0.3 is 9.47 Å². The number of aromatic nitrogens is 2. The predicted molar refractivity (Wildman–Crippen MR) is 169 cm³/mol. The molecular weight excluding hydrogens is 592 g/mol. The number of para-hydroxylation sites is 1. The maximum absolute atomic E-state index is 13.8. The lowest BCUT2D eigenvalue weighted by Crippen LogP contribution is -2.21. The number of aryl methyl sites for hydroxylation is 1. The molecule has 0 aliphatic carbocycles. The topological polar surface area (TPSA) is 89.5 Å². The van der Waals surface area contributed by atoms with Crippen molar-refractivity contribution in [3.8, 4) is 29.0 Å². The van der Waals surface area contributed by atoms with Crippen LogP contribution >= 0.6 is 15.9 Å². The Morgan fingerprint density at radius 2 is 1.81 bits per heavy atom. The van der Waals surface area contributed by atoms with E-state index < -0.39 is 0 Å².